The molecule has 1 aliphatic heterocycles. The first kappa shape index (κ1) is 14.0. The molecule has 1 N–H and O–H groups in total. The van der Waals surface area contributed by atoms with Crippen LogP contribution in [0, 0.1) is 0 Å². The third-order valence-corrected chi connectivity index (χ3v) is 4.80. The topological polar surface area (TPSA) is 53.8 Å². The summed E-state index contributed by atoms with van der Waals surface area (Å²) in [6, 6.07) is 13.9. The lowest BCUT2D eigenvalue weighted by Gasteiger charge is -2.04. The predicted molar refractivity (Wildman–Crippen MR) is 89.0 cm³/mol. The Hall–Kier alpha value is -1.92. The van der Waals surface area contributed by atoms with Gasteiger partial charge in [-0.1, -0.05) is 48.2 Å². The van der Waals surface area contributed by atoms with E-state index in [-0.39, 0.29) is 11.2 Å². The van der Waals surface area contributed by atoms with Crippen LogP contribution in [0.3, 0.4) is 0 Å². The average molecular weight is 315 g/mol. The predicted octanol–water partition coefficient (Wildman–Crippen LogP) is 2.91. The lowest BCUT2D eigenvalue weighted by molar-refractivity contribution is -0.118. The van der Waals surface area contributed by atoms with Crippen molar-refractivity contribution in [2.75, 3.05) is 0 Å². The molecule has 2 heterocycles. The second-order valence-electron chi connectivity index (χ2n) is 4.45. The highest BCUT2D eigenvalue weighted by atomic mass is 32.2. The maximum Gasteiger partial charge on any atom is 0.239 e. The Labute approximate surface area is 131 Å². The summed E-state index contributed by atoms with van der Waals surface area (Å²) in [5.41, 5.74) is 1.15. The van der Waals surface area contributed by atoms with Gasteiger partial charge in [-0.2, -0.15) is 5.10 Å². The third kappa shape index (κ3) is 3.80. The summed E-state index contributed by atoms with van der Waals surface area (Å²) >= 11 is 3.03. The fraction of sp³-hybridized carbons (Fsp3) is 0.133. The molecule has 1 aliphatic rings. The minimum absolute atomic E-state index is 0.00562. The molecule has 1 aromatic carbocycles. The molecule has 0 bridgehead atoms. The standard InChI is InChI=1S/C15H13N3OS2/c19-14-13(9-11-5-2-1-3-6-11)21-15(17-14)18-16-10-12-7-4-8-20-12/h1-8,10,13H,9H2,(H,17,18,19)/b16-10-. The molecule has 1 aromatic heterocycles. The Kier molecular flexibility index (Phi) is 4.47. The fourth-order valence-corrected chi connectivity index (χ4v) is 3.46. The largest absolute Gasteiger partial charge is 0.303 e. The van der Waals surface area contributed by atoms with Crippen molar-refractivity contribution < 1.29 is 4.79 Å². The number of benzene rings is 1. The van der Waals surface area contributed by atoms with Gasteiger partial charge >= 0.3 is 0 Å². The second kappa shape index (κ2) is 6.69. The van der Waals surface area contributed by atoms with Gasteiger partial charge in [0.25, 0.3) is 0 Å². The molecule has 1 fully saturated rings. The molecule has 1 saturated heterocycles. The van der Waals surface area contributed by atoms with Crippen LogP contribution in [0.4, 0.5) is 0 Å². The maximum absolute atomic E-state index is 11.9. The number of hydrogen-bond donors (Lipinski definition) is 1. The van der Waals surface area contributed by atoms with Crippen molar-refractivity contribution >= 4 is 40.4 Å². The normalized spacial score (nSPS) is 20.3. The molecule has 2 aromatic rings. The van der Waals surface area contributed by atoms with Crippen molar-refractivity contribution in [2.45, 2.75) is 11.7 Å². The molecule has 1 atom stereocenters. The lowest BCUT2D eigenvalue weighted by Crippen LogP contribution is -2.25. The van der Waals surface area contributed by atoms with Crippen LogP contribution in [0.2, 0.25) is 0 Å². The van der Waals surface area contributed by atoms with E-state index in [0.29, 0.717) is 11.6 Å². The molecule has 0 spiro atoms. The number of amides is 1. The summed E-state index contributed by atoms with van der Waals surface area (Å²) in [4.78, 5) is 13.0. The van der Waals surface area contributed by atoms with E-state index in [1.54, 1.807) is 17.6 Å². The highest BCUT2D eigenvalue weighted by molar-refractivity contribution is 8.15. The average Bonchev–Trinajstić information content (AvgIpc) is 3.11. The zero-order valence-electron chi connectivity index (χ0n) is 11.1. The molecule has 106 valence electrons. The van der Waals surface area contributed by atoms with Crippen LogP contribution in [-0.2, 0) is 11.2 Å². The van der Waals surface area contributed by atoms with Crippen molar-refractivity contribution in [3.8, 4) is 0 Å². The molecule has 0 radical (unpaired) electrons. The van der Waals surface area contributed by atoms with Gasteiger partial charge in [0.2, 0.25) is 5.91 Å². The van der Waals surface area contributed by atoms with Gasteiger partial charge in [0.05, 0.1) is 11.5 Å². The molecule has 1 amide bonds. The van der Waals surface area contributed by atoms with E-state index in [2.05, 4.69) is 15.5 Å². The first-order chi connectivity index (χ1) is 10.3. The minimum atomic E-state index is -0.136. The number of carbonyl (C=O) groups is 1. The summed E-state index contributed by atoms with van der Waals surface area (Å²) in [6.07, 6.45) is 2.39. The summed E-state index contributed by atoms with van der Waals surface area (Å²) in [6.45, 7) is 0. The molecule has 6 heteroatoms. The van der Waals surface area contributed by atoms with Gasteiger partial charge in [0, 0.05) is 4.88 Å². The van der Waals surface area contributed by atoms with Gasteiger partial charge in [0.15, 0.2) is 5.17 Å². The monoisotopic (exact) mass is 315 g/mol. The van der Waals surface area contributed by atoms with E-state index in [1.807, 2.05) is 47.8 Å². The van der Waals surface area contributed by atoms with E-state index in [4.69, 9.17) is 0 Å². The zero-order chi connectivity index (χ0) is 14.5. The van der Waals surface area contributed by atoms with Crippen molar-refractivity contribution in [3.05, 3.63) is 58.3 Å². The Morgan fingerprint density at radius 2 is 2.05 bits per heavy atom. The molecule has 3 rings (SSSR count). The van der Waals surface area contributed by atoms with Crippen LogP contribution >= 0.6 is 23.1 Å². The molecule has 1 unspecified atom stereocenters. The van der Waals surface area contributed by atoms with Gasteiger partial charge in [-0.3, -0.25) is 4.79 Å². The zero-order valence-corrected chi connectivity index (χ0v) is 12.7. The Morgan fingerprint density at radius 1 is 1.19 bits per heavy atom. The molecule has 0 saturated carbocycles. The maximum atomic E-state index is 11.9. The van der Waals surface area contributed by atoms with Crippen molar-refractivity contribution in [1.29, 1.82) is 0 Å². The molecule has 4 nitrogen and oxygen atoms in total. The van der Waals surface area contributed by atoms with Crippen LogP contribution in [0.1, 0.15) is 10.4 Å². The number of nitrogens with zero attached hydrogens (tertiary/aromatic N) is 2. The quantitative estimate of drug-likeness (QED) is 0.697. The van der Waals surface area contributed by atoms with Gasteiger partial charge in [-0.15, -0.1) is 16.4 Å². The first-order valence-corrected chi connectivity index (χ1v) is 8.23. The number of rotatable bonds is 4. The second-order valence-corrected chi connectivity index (χ2v) is 6.62. The Morgan fingerprint density at radius 3 is 2.81 bits per heavy atom. The number of nitrogens with one attached hydrogen (secondary N) is 1. The Balaban J connectivity index is 1.62. The van der Waals surface area contributed by atoms with Crippen LogP contribution in [-0.4, -0.2) is 22.5 Å². The summed E-state index contributed by atoms with van der Waals surface area (Å²) in [7, 11) is 0. The van der Waals surface area contributed by atoms with Gasteiger partial charge < -0.3 is 5.32 Å². The van der Waals surface area contributed by atoms with E-state index in [1.165, 1.54) is 11.8 Å². The smallest absolute Gasteiger partial charge is 0.239 e. The van der Waals surface area contributed by atoms with Gasteiger partial charge in [0.1, 0.15) is 0 Å². The van der Waals surface area contributed by atoms with Crippen molar-refractivity contribution in [2.24, 2.45) is 10.2 Å². The third-order valence-electron chi connectivity index (χ3n) is 2.92. The van der Waals surface area contributed by atoms with Crippen LogP contribution in [0.5, 0.6) is 0 Å². The van der Waals surface area contributed by atoms with Crippen LogP contribution < -0.4 is 5.32 Å². The van der Waals surface area contributed by atoms with E-state index < -0.39 is 0 Å². The number of thiophene rings is 1. The summed E-state index contributed by atoms with van der Waals surface area (Å²) in [5, 5.41) is 13.3. The van der Waals surface area contributed by atoms with Crippen LogP contribution in [0.25, 0.3) is 0 Å². The number of amidine groups is 1. The van der Waals surface area contributed by atoms with Crippen LogP contribution in [0.15, 0.2) is 58.0 Å². The number of thioether (sulfide) groups is 1. The summed E-state index contributed by atoms with van der Waals surface area (Å²) in [5.74, 6) is -0.00562. The van der Waals surface area contributed by atoms with Crippen molar-refractivity contribution in [1.82, 2.24) is 5.32 Å². The highest BCUT2D eigenvalue weighted by Crippen LogP contribution is 2.23. The number of carbonyl (C=O) groups excluding carboxylic acids is 1. The minimum Gasteiger partial charge on any atom is -0.303 e. The SMILES string of the molecule is O=C1N/C(=N/N=C\c2cccs2)SC1Cc1ccccc1. The lowest BCUT2D eigenvalue weighted by atomic mass is 10.1. The van der Waals surface area contributed by atoms with E-state index >= 15 is 0 Å². The molecule has 0 aliphatic carbocycles. The molecular weight excluding hydrogens is 302 g/mol. The fourth-order valence-electron chi connectivity index (χ4n) is 1.92. The highest BCUT2D eigenvalue weighted by Gasteiger charge is 2.30. The van der Waals surface area contributed by atoms with E-state index in [9.17, 15) is 4.79 Å². The van der Waals surface area contributed by atoms with Gasteiger partial charge in [-0.25, -0.2) is 0 Å². The molecular formula is C15H13N3OS2. The van der Waals surface area contributed by atoms with Gasteiger partial charge in [-0.05, 0) is 23.4 Å². The first-order valence-electron chi connectivity index (χ1n) is 6.47. The summed E-state index contributed by atoms with van der Waals surface area (Å²) < 4.78 is 0. The van der Waals surface area contributed by atoms with Crippen molar-refractivity contribution in [3.63, 3.8) is 0 Å². The Bertz CT molecular complexity index is 665. The molecule has 21 heavy (non-hydrogen) atoms. The van der Waals surface area contributed by atoms with E-state index in [0.717, 1.165) is 10.4 Å². The number of hydrogen-bond acceptors (Lipinski definition) is 5.